The van der Waals surface area contributed by atoms with Gasteiger partial charge in [-0.1, -0.05) is 48.5 Å². The number of nitrogens with one attached hydrogen (secondary N) is 6. The Morgan fingerprint density at radius 1 is 0.931 bits per heavy atom. The predicted molar refractivity (Wildman–Crippen MR) is 108 cm³/mol. The number of hydrogen-bond acceptors (Lipinski definition) is 5. The van der Waals surface area contributed by atoms with E-state index in [1.807, 2.05) is 36.4 Å². The van der Waals surface area contributed by atoms with E-state index in [0.717, 1.165) is 5.56 Å². The molecule has 1 aliphatic heterocycles. The highest BCUT2D eigenvalue weighted by atomic mass is 16.2. The third kappa shape index (κ3) is 5.77. The van der Waals surface area contributed by atoms with Gasteiger partial charge in [-0.05, 0) is 31.0 Å². The van der Waals surface area contributed by atoms with Gasteiger partial charge in [-0.3, -0.25) is 20.4 Å². The molecule has 9 heteroatoms. The molecule has 3 rings (SSSR count). The van der Waals surface area contributed by atoms with Gasteiger partial charge in [0.05, 0.1) is 0 Å². The first kappa shape index (κ1) is 20.3. The van der Waals surface area contributed by atoms with Gasteiger partial charge < -0.3 is 10.6 Å². The number of carbonyl (C=O) groups is 3. The van der Waals surface area contributed by atoms with E-state index in [2.05, 4.69) is 32.3 Å². The molecule has 0 aliphatic carbocycles. The Hall–Kier alpha value is -3.43. The quantitative estimate of drug-likeness (QED) is 0.420. The van der Waals surface area contributed by atoms with E-state index in [0.29, 0.717) is 12.1 Å². The number of carbonyl (C=O) groups excluding carboxylic acids is 3. The summed E-state index contributed by atoms with van der Waals surface area (Å²) in [4.78, 5) is 36.4. The number of anilines is 1. The van der Waals surface area contributed by atoms with Crippen molar-refractivity contribution in [1.29, 1.82) is 0 Å². The van der Waals surface area contributed by atoms with E-state index in [9.17, 15) is 14.4 Å². The topological polar surface area (TPSA) is 123 Å². The lowest BCUT2D eigenvalue weighted by atomic mass is 10.0. The van der Waals surface area contributed by atoms with Crippen molar-refractivity contribution in [3.8, 4) is 0 Å². The maximum Gasteiger partial charge on any atom is 0.319 e. The second kappa shape index (κ2) is 9.67. The smallest absolute Gasteiger partial charge is 0.319 e. The van der Waals surface area contributed by atoms with Gasteiger partial charge in [0, 0.05) is 11.7 Å². The lowest BCUT2D eigenvalue weighted by molar-refractivity contribution is -0.130. The molecule has 2 aromatic rings. The fraction of sp³-hybridized carbons (Fsp3) is 0.250. The summed E-state index contributed by atoms with van der Waals surface area (Å²) in [5.74, 6) is -0.905. The van der Waals surface area contributed by atoms with Gasteiger partial charge in [0.15, 0.2) is 0 Å². The number of benzene rings is 2. The van der Waals surface area contributed by atoms with Gasteiger partial charge in [-0.2, -0.15) is 0 Å². The van der Waals surface area contributed by atoms with E-state index in [4.69, 9.17) is 0 Å². The summed E-state index contributed by atoms with van der Waals surface area (Å²) in [7, 11) is 0. The molecule has 4 amide bonds. The van der Waals surface area contributed by atoms with Crippen molar-refractivity contribution in [2.24, 2.45) is 0 Å². The molecule has 1 fully saturated rings. The van der Waals surface area contributed by atoms with Crippen LogP contribution in [-0.4, -0.2) is 29.9 Å². The van der Waals surface area contributed by atoms with Crippen molar-refractivity contribution in [1.82, 2.24) is 27.0 Å². The lowest BCUT2D eigenvalue weighted by Gasteiger charge is -2.16. The van der Waals surface area contributed by atoms with Gasteiger partial charge in [0.25, 0.3) is 11.8 Å². The Bertz CT molecular complexity index is 846. The van der Waals surface area contributed by atoms with Crippen molar-refractivity contribution < 1.29 is 14.4 Å². The molecule has 152 valence electrons. The van der Waals surface area contributed by atoms with E-state index in [-0.39, 0.29) is 11.9 Å². The summed E-state index contributed by atoms with van der Waals surface area (Å²) < 4.78 is 0. The summed E-state index contributed by atoms with van der Waals surface area (Å²) in [5, 5.41) is 5.13. The second-order valence-corrected chi connectivity index (χ2v) is 6.70. The molecule has 6 N–H and O–H groups in total. The van der Waals surface area contributed by atoms with Gasteiger partial charge in [-0.15, -0.1) is 0 Å². The summed E-state index contributed by atoms with van der Waals surface area (Å²) in [6.07, 6.45) is 0.541. The summed E-state index contributed by atoms with van der Waals surface area (Å²) in [5.41, 5.74) is 12.4. The van der Waals surface area contributed by atoms with Crippen molar-refractivity contribution in [3.63, 3.8) is 0 Å². The Balaban J connectivity index is 1.40. The number of hydrogen-bond donors (Lipinski definition) is 6. The van der Waals surface area contributed by atoms with E-state index in [1.54, 1.807) is 24.3 Å². The maximum absolute atomic E-state index is 12.3. The number of para-hydroxylation sites is 1. The number of urea groups is 1. The van der Waals surface area contributed by atoms with Gasteiger partial charge in [0.1, 0.15) is 12.1 Å². The molecule has 3 unspecified atom stereocenters. The highest BCUT2D eigenvalue weighted by Crippen LogP contribution is 2.21. The van der Waals surface area contributed by atoms with Crippen LogP contribution in [0.25, 0.3) is 0 Å². The van der Waals surface area contributed by atoms with Crippen LogP contribution in [0.1, 0.15) is 24.9 Å². The van der Waals surface area contributed by atoms with E-state index >= 15 is 0 Å². The molecule has 0 radical (unpaired) electrons. The normalized spacial score (nSPS) is 19.1. The van der Waals surface area contributed by atoms with Crippen LogP contribution in [-0.2, 0) is 9.59 Å². The molecule has 29 heavy (non-hydrogen) atoms. The summed E-state index contributed by atoms with van der Waals surface area (Å²) >= 11 is 0. The van der Waals surface area contributed by atoms with Crippen LogP contribution >= 0.6 is 0 Å². The predicted octanol–water partition coefficient (Wildman–Crippen LogP) is 0.952. The van der Waals surface area contributed by atoms with Crippen LogP contribution in [0.2, 0.25) is 0 Å². The third-order valence-electron chi connectivity index (χ3n) is 4.50. The van der Waals surface area contributed by atoms with Crippen LogP contribution in [0.5, 0.6) is 0 Å². The number of rotatable bonds is 5. The van der Waals surface area contributed by atoms with Crippen molar-refractivity contribution in [2.45, 2.75) is 31.5 Å². The second-order valence-electron chi connectivity index (χ2n) is 6.70. The van der Waals surface area contributed by atoms with Crippen LogP contribution in [0.4, 0.5) is 10.5 Å². The van der Waals surface area contributed by atoms with E-state index < -0.39 is 24.0 Å². The zero-order valence-electron chi connectivity index (χ0n) is 15.9. The molecule has 3 atom stereocenters. The Labute approximate surface area is 168 Å². The van der Waals surface area contributed by atoms with Crippen molar-refractivity contribution in [3.05, 3.63) is 66.2 Å². The van der Waals surface area contributed by atoms with Crippen molar-refractivity contribution in [2.75, 3.05) is 5.32 Å². The SMILES string of the molecule is CC(NC(=O)Nc1ccccc1)C(=O)NNC(=O)C1CC(c2ccccc2)NN1. The Morgan fingerprint density at radius 3 is 2.28 bits per heavy atom. The lowest BCUT2D eigenvalue weighted by Crippen LogP contribution is -2.55. The Kier molecular flexibility index (Phi) is 6.77. The minimum absolute atomic E-state index is 0.00456. The first-order chi connectivity index (χ1) is 14.0. The molecule has 0 spiro atoms. The van der Waals surface area contributed by atoms with Gasteiger partial charge in [-0.25, -0.2) is 15.6 Å². The van der Waals surface area contributed by atoms with Gasteiger partial charge >= 0.3 is 6.03 Å². The van der Waals surface area contributed by atoms with Gasteiger partial charge in [0.2, 0.25) is 0 Å². The molecule has 1 heterocycles. The summed E-state index contributed by atoms with van der Waals surface area (Å²) in [6.45, 7) is 1.52. The first-order valence-corrected chi connectivity index (χ1v) is 9.31. The van der Waals surface area contributed by atoms with Crippen LogP contribution in [0, 0.1) is 0 Å². The minimum atomic E-state index is -0.842. The van der Waals surface area contributed by atoms with E-state index in [1.165, 1.54) is 6.92 Å². The minimum Gasteiger partial charge on any atom is -0.326 e. The Morgan fingerprint density at radius 2 is 1.59 bits per heavy atom. The molecular formula is C20H24N6O3. The van der Waals surface area contributed by atoms with Crippen molar-refractivity contribution >= 4 is 23.5 Å². The highest BCUT2D eigenvalue weighted by Gasteiger charge is 2.30. The molecule has 1 aliphatic rings. The molecule has 0 aromatic heterocycles. The molecule has 0 bridgehead atoms. The maximum atomic E-state index is 12.3. The monoisotopic (exact) mass is 396 g/mol. The molecule has 1 saturated heterocycles. The fourth-order valence-electron chi connectivity index (χ4n) is 2.90. The standard InChI is InChI=1S/C20H24N6O3/c1-13(21-20(29)22-15-10-6-3-7-11-15)18(27)25-26-19(28)17-12-16(23-24-17)14-8-4-2-5-9-14/h2-11,13,16-17,23-24H,12H2,1H3,(H,25,27)(H,26,28)(H2,21,22,29). The highest BCUT2D eigenvalue weighted by molar-refractivity contribution is 5.94. The molecule has 9 nitrogen and oxygen atoms in total. The van der Waals surface area contributed by atoms with Crippen LogP contribution in [0.3, 0.4) is 0 Å². The third-order valence-corrected chi connectivity index (χ3v) is 4.50. The number of hydrazine groups is 2. The molecular weight excluding hydrogens is 372 g/mol. The summed E-state index contributed by atoms with van der Waals surface area (Å²) in [6, 6.07) is 16.8. The van der Waals surface area contributed by atoms with Crippen LogP contribution in [0.15, 0.2) is 60.7 Å². The number of amides is 4. The fourth-order valence-corrected chi connectivity index (χ4v) is 2.90. The zero-order valence-corrected chi connectivity index (χ0v) is 15.9. The molecule has 0 saturated carbocycles. The average molecular weight is 396 g/mol. The molecule has 2 aromatic carbocycles. The average Bonchev–Trinajstić information content (AvgIpc) is 3.23. The zero-order chi connectivity index (χ0) is 20.6. The first-order valence-electron chi connectivity index (χ1n) is 9.31. The largest absolute Gasteiger partial charge is 0.326 e. The van der Waals surface area contributed by atoms with Crippen LogP contribution < -0.4 is 32.3 Å².